The zero-order valence-corrected chi connectivity index (χ0v) is 10.6. The summed E-state index contributed by atoms with van der Waals surface area (Å²) < 4.78 is 38.4. The molecule has 19 heavy (non-hydrogen) atoms. The van der Waals surface area contributed by atoms with E-state index >= 15 is 0 Å². The minimum absolute atomic E-state index is 0.126. The minimum atomic E-state index is -4.62. The second kappa shape index (κ2) is 5.90. The first-order valence-corrected chi connectivity index (χ1v) is 5.81. The standard InChI is InChI=1S/C12H15F3N2O2/c1-8(2)5-6-16-11-4-3-9(17(18)19)7-10(11)12(13,14)15/h3-4,7-8,16H,5-6H2,1-2H3. The van der Waals surface area contributed by atoms with Gasteiger partial charge in [-0.15, -0.1) is 0 Å². The lowest BCUT2D eigenvalue weighted by molar-refractivity contribution is -0.385. The smallest absolute Gasteiger partial charge is 0.385 e. The first kappa shape index (κ1) is 15.3. The number of non-ortho nitro benzene ring substituents is 1. The van der Waals surface area contributed by atoms with Crippen molar-refractivity contribution in [3.05, 3.63) is 33.9 Å². The monoisotopic (exact) mass is 276 g/mol. The Morgan fingerprint density at radius 2 is 2.00 bits per heavy atom. The highest BCUT2D eigenvalue weighted by Gasteiger charge is 2.35. The molecule has 0 unspecified atom stereocenters. The molecular formula is C12H15F3N2O2. The van der Waals surface area contributed by atoms with Crippen LogP contribution in [0.5, 0.6) is 0 Å². The molecule has 1 rings (SSSR count). The van der Waals surface area contributed by atoms with Crippen molar-refractivity contribution in [3.8, 4) is 0 Å². The molecule has 0 amide bonds. The molecule has 0 aromatic heterocycles. The number of nitrogens with zero attached hydrogens (tertiary/aromatic N) is 1. The van der Waals surface area contributed by atoms with Crippen molar-refractivity contribution in [2.45, 2.75) is 26.4 Å². The predicted molar refractivity (Wildman–Crippen MR) is 66.0 cm³/mol. The van der Waals surface area contributed by atoms with Crippen LogP contribution in [0.4, 0.5) is 24.5 Å². The Bertz CT molecular complexity index is 459. The number of nitro groups is 1. The van der Waals surface area contributed by atoms with Gasteiger partial charge in [0.05, 0.1) is 10.5 Å². The lowest BCUT2D eigenvalue weighted by atomic mass is 10.1. The minimum Gasteiger partial charge on any atom is -0.385 e. The van der Waals surface area contributed by atoms with Crippen LogP contribution in [0.1, 0.15) is 25.8 Å². The lowest BCUT2D eigenvalue weighted by Gasteiger charge is -2.15. The van der Waals surface area contributed by atoms with Crippen LogP contribution in [0.15, 0.2) is 18.2 Å². The first-order chi connectivity index (χ1) is 8.71. The van der Waals surface area contributed by atoms with Crippen molar-refractivity contribution in [2.75, 3.05) is 11.9 Å². The van der Waals surface area contributed by atoms with Gasteiger partial charge in [0, 0.05) is 24.4 Å². The van der Waals surface area contributed by atoms with Crippen molar-refractivity contribution in [2.24, 2.45) is 5.92 Å². The van der Waals surface area contributed by atoms with Crippen LogP contribution in [0.25, 0.3) is 0 Å². The maximum absolute atomic E-state index is 12.8. The van der Waals surface area contributed by atoms with Crippen molar-refractivity contribution in [3.63, 3.8) is 0 Å². The Hall–Kier alpha value is -1.79. The summed E-state index contributed by atoms with van der Waals surface area (Å²) in [5.41, 5.74) is -1.70. The molecule has 0 radical (unpaired) electrons. The van der Waals surface area contributed by atoms with Crippen molar-refractivity contribution < 1.29 is 18.1 Å². The number of hydrogen-bond donors (Lipinski definition) is 1. The number of rotatable bonds is 5. The van der Waals surface area contributed by atoms with Crippen LogP contribution in [0, 0.1) is 16.0 Å². The number of halogens is 3. The third-order valence-electron chi connectivity index (χ3n) is 2.56. The van der Waals surface area contributed by atoms with Crippen LogP contribution in [-0.2, 0) is 6.18 Å². The van der Waals surface area contributed by atoms with E-state index in [-0.39, 0.29) is 5.69 Å². The second-order valence-corrected chi connectivity index (χ2v) is 4.59. The van der Waals surface area contributed by atoms with Crippen molar-refractivity contribution in [1.82, 2.24) is 0 Å². The van der Waals surface area contributed by atoms with Crippen molar-refractivity contribution in [1.29, 1.82) is 0 Å². The Morgan fingerprint density at radius 1 is 1.37 bits per heavy atom. The molecule has 7 heteroatoms. The Kier molecular flexibility index (Phi) is 4.74. The molecule has 0 aliphatic carbocycles. The molecule has 0 aliphatic rings. The van der Waals surface area contributed by atoms with Gasteiger partial charge >= 0.3 is 6.18 Å². The molecule has 0 spiro atoms. The van der Waals surface area contributed by atoms with Crippen LogP contribution >= 0.6 is 0 Å². The number of hydrogen-bond acceptors (Lipinski definition) is 3. The summed E-state index contributed by atoms with van der Waals surface area (Å²) in [5.74, 6) is 0.361. The van der Waals surface area contributed by atoms with Gasteiger partial charge in [-0.2, -0.15) is 13.2 Å². The van der Waals surface area contributed by atoms with Gasteiger partial charge in [-0.25, -0.2) is 0 Å². The van der Waals surface area contributed by atoms with Crippen LogP contribution in [-0.4, -0.2) is 11.5 Å². The fraction of sp³-hybridized carbons (Fsp3) is 0.500. The van der Waals surface area contributed by atoms with Gasteiger partial charge in [0.2, 0.25) is 0 Å². The number of anilines is 1. The largest absolute Gasteiger partial charge is 0.418 e. The van der Waals surface area contributed by atoms with Crippen molar-refractivity contribution >= 4 is 11.4 Å². The SMILES string of the molecule is CC(C)CCNc1ccc([N+](=O)[O-])cc1C(F)(F)F. The summed E-state index contributed by atoms with van der Waals surface area (Å²) in [6.07, 6.45) is -3.90. The van der Waals surface area contributed by atoms with E-state index in [2.05, 4.69) is 5.32 Å². The lowest BCUT2D eigenvalue weighted by Crippen LogP contribution is -2.13. The molecule has 1 N–H and O–H groups in total. The molecule has 1 aromatic rings. The molecule has 106 valence electrons. The topological polar surface area (TPSA) is 55.2 Å². The Balaban J connectivity index is 3.00. The average molecular weight is 276 g/mol. The molecule has 0 fully saturated rings. The van der Waals surface area contributed by atoms with Crippen LogP contribution in [0.2, 0.25) is 0 Å². The van der Waals surface area contributed by atoms with Crippen LogP contribution in [0.3, 0.4) is 0 Å². The number of alkyl halides is 3. The summed E-state index contributed by atoms with van der Waals surface area (Å²) >= 11 is 0. The van der Waals surface area contributed by atoms with E-state index in [1.165, 1.54) is 0 Å². The van der Waals surface area contributed by atoms with E-state index < -0.39 is 22.4 Å². The molecule has 0 saturated carbocycles. The summed E-state index contributed by atoms with van der Waals surface area (Å²) in [6.45, 7) is 4.31. The summed E-state index contributed by atoms with van der Waals surface area (Å²) in [6, 6.07) is 2.71. The summed E-state index contributed by atoms with van der Waals surface area (Å²) in [7, 11) is 0. The fourth-order valence-electron chi connectivity index (χ4n) is 1.53. The Morgan fingerprint density at radius 3 is 2.47 bits per heavy atom. The predicted octanol–water partition coefficient (Wildman–Crippen LogP) is 4.07. The maximum Gasteiger partial charge on any atom is 0.418 e. The van der Waals surface area contributed by atoms with Gasteiger partial charge in [-0.1, -0.05) is 13.8 Å². The molecule has 0 aliphatic heterocycles. The van der Waals surface area contributed by atoms with Gasteiger partial charge in [0.25, 0.3) is 5.69 Å². The first-order valence-electron chi connectivity index (χ1n) is 5.81. The van der Waals surface area contributed by atoms with Gasteiger partial charge in [0.1, 0.15) is 0 Å². The Labute approximate surface area is 108 Å². The van der Waals surface area contributed by atoms with E-state index in [0.717, 1.165) is 12.1 Å². The molecule has 4 nitrogen and oxygen atoms in total. The van der Waals surface area contributed by atoms with E-state index in [4.69, 9.17) is 0 Å². The summed E-state index contributed by atoms with van der Waals surface area (Å²) in [5, 5.41) is 13.2. The molecule has 0 atom stereocenters. The highest BCUT2D eigenvalue weighted by molar-refractivity contribution is 5.57. The normalized spacial score (nSPS) is 11.7. The zero-order chi connectivity index (χ0) is 14.6. The van der Waals surface area contributed by atoms with Crippen LogP contribution < -0.4 is 5.32 Å². The number of nitro benzene ring substituents is 1. The van der Waals surface area contributed by atoms with Gasteiger partial charge in [0.15, 0.2) is 0 Å². The molecule has 0 heterocycles. The third-order valence-corrected chi connectivity index (χ3v) is 2.56. The highest BCUT2D eigenvalue weighted by atomic mass is 19.4. The highest BCUT2D eigenvalue weighted by Crippen LogP contribution is 2.37. The van der Waals surface area contributed by atoms with E-state index in [1.807, 2.05) is 13.8 Å². The molecule has 0 saturated heterocycles. The maximum atomic E-state index is 12.8. The van der Waals surface area contributed by atoms with Gasteiger partial charge in [-0.3, -0.25) is 10.1 Å². The fourth-order valence-corrected chi connectivity index (χ4v) is 1.53. The van der Waals surface area contributed by atoms with E-state index in [0.29, 0.717) is 24.9 Å². The zero-order valence-electron chi connectivity index (χ0n) is 10.6. The summed E-state index contributed by atoms with van der Waals surface area (Å²) in [4.78, 5) is 9.67. The third kappa shape index (κ3) is 4.42. The van der Waals surface area contributed by atoms with E-state index in [1.54, 1.807) is 0 Å². The number of nitrogens with one attached hydrogen (secondary N) is 1. The molecule has 0 bridgehead atoms. The molecule has 1 aromatic carbocycles. The quantitative estimate of drug-likeness (QED) is 0.651. The number of benzene rings is 1. The molecular weight excluding hydrogens is 261 g/mol. The van der Waals surface area contributed by atoms with Gasteiger partial charge in [-0.05, 0) is 18.4 Å². The average Bonchev–Trinajstić information content (AvgIpc) is 2.27. The second-order valence-electron chi connectivity index (χ2n) is 4.59. The van der Waals surface area contributed by atoms with Gasteiger partial charge < -0.3 is 5.32 Å². The van der Waals surface area contributed by atoms with E-state index in [9.17, 15) is 23.3 Å².